The largest absolute Gasteiger partial charge is 0.383 e. The summed E-state index contributed by atoms with van der Waals surface area (Å²) in [4.78, 5) is 7.96. The van der Waals surface area contributed by atoms with Gasteiger partial charge in [0.1, 0.15) is 22.4 Å². The molecule has 0 aliphatic heterocycles. The maximum absolute atomic E-state index is 5.62. The van der Waals surface area contributed by atoms with Crippen LogP contribution in [0.1, 0.15) is 20.8 Å². The molecule has 1 aromatic heterocycles. The summed E-state index contributed by atoms with van der Waals surface area (Å²) in [7, 11) is 0. The van der Waals surface area contributed by atoms with Crippen molar-refractivity contribution in [2.75, 3.05) is 17.6 Å². The van der Waals surface area contributed by atoms with Crippen molar-refractivity contribution in [2.45, 2.75) is 20.8 Å². The third kappa shape index (κ3) is 3.14. The molecule has 5 heteroatoms. The quantitative estimate of drug-likeness (QED) is 0.855. The molecular weight excluding hydrogens is 244 g/mol. The molecular formula is C9H15BrN4. The molecule has 78 valence electrons. The van der Waals surface area contributed by atoms with Gasteiger partial charge in [-0.3, -0.25) is 0 Å². The number of hydrogen-bond acceptors (Lipinski definition) is 4. The second kappa shape index (κ2) is 4.13. The molecule has 1 aromatic rings. The minimum absolute atomic E-state index is 0.207. The number of nitrogen functional groups attached to an aromatic ring is 1. The fourth-order valence-corrected chi connectivity index (χ4v) is 1.20. The van der Waals surface area contributed by atoms with Gasteiger partial charge in [0.2, 0.25) is 0 Å². The summed E-state index contributed by atoms with van der Waals surface area (Å²) in [6.45, 7) is 7.29. The first-order valence-corrected chi connectivity index (χ1v) is 5.19. The summed E-state index contributed by atoms with van der Waals surface area (Å²) in [5, 5.41) is 3.22. The van der Waals surface area contributed by atoms with Crippen LogP contribution in [0.3, 0.4) is 0 Å². The number of nitrogens with one attached hydrogen (secondary N) is 1. The number of nitrogens with two attached hydrogens (primary N) is 1. The van der Waals surface area contributed by atoms with Crippen molar-refractivity contribution in [2.24, 2.45) is 5.41 Å². The topological polar surface area (TPSA) is 63.8 Å². The van der Waals surface area contributed by atoms with E-state index in [4.69, 9.17) is 5.73 Å². The summed E-state index contributed by atoms with van der Waals surface area (Å²) < 4.78 is 0.726. The molecule has 3 N–H and O–H groups in total. The molecule has 14 heavy (non-hydrogen) atoms. The van der Waals surface area contributed by atoms with E-state index >= 15 is 0 Å². The lowest BCUT2D eigenvalue weighted by Crippen LogP contribution is -2.20. The van der Waals surface area contributed by atoms with Crippen LogP contribution < -0.4 is 11.1 Å². The van der Waals surface area contributed by atoms with Crippen LogP contribution in [0.15, 0.2) is 10.8 Å². The first kappa shape index (κ1) is 11.2. The molecule has 0 atom stereocenters. The van der Waals surface area contributed by atoms with Gasteiger partial charge in [0, 0.05) is 6.54 Å². The molecule has 0 saturated heterocycles. The summed E-state index contributed by atoms with van der Waals surface area (Å²) in [6, 6.07) is 0. The lowest BCUT2D eigenvalue weighted by Gasteiger charge is -2.19. The Hall–Kier alpha value is -0.840. The Morgan fingerprint density at radius 2 is 2.07 bits per heavy atom. The van der Waals surface area contributed by atoms with Gasteiger partial charge in [-0.05, 0) is 21.3 Å². The average molecular weight is 259 g/mol. The molecule has 0 radical (unpaired) electrons. The van der Waals surface area contributed by atoms with Gasteiger partial charge >= 0.3 is 0 Å². The zero-order valence-corrected chi connectivity index (χ0v) is 10.2. The molecule has 0 saturated carbocycles. The van der Waals surface area contributed by atoms with Crippen LogP contribution in [0.4, 0.5) is 11.6 Å². The summed E-state index contributed by atoms with van der Waals surface area (Å²) >= 11 is 3.34. The first-order valence-electron chi connectivity index (χ1n) is 4.40. The number of aromatic nitrogens is 2. The molecule has 0 bridgehead atoms. The molecule has 0 aliphatic carbocycles. The lowest BCUT2D eigenvalue weighted by atomic mass is 9.97. The highest BCUT2D eigenvalue weighted by Crippen LogP contribution is 2.25. The van der Waals surface area contributed by atoms with Crippen LogP contribution in [0.2, 0.25) is 0 Å². The van der Waals surface area contributed by atoms with Crippen LogP contribution in [-0.2, 0) is 0 Å². The lowest BCUT2D eigenvalue weighted by molar-refractivity contribution is 0.442. The SMILES string of the molecule is CC(C)(C)CNc1ncnc(N)c1Br. The zero-order valence-electron chi connectivity index (χ0n) is 8.63. The molecule has 0 aliphatic rings. The van der Waals surface area contributed by atoms with Gasteiger partial charge in [-0.25, -0.2) is 9.97 Å². The highest BCUT2D eigenvalue weighted by atomic mass is 79.9. The Kier molecular flexibility index (Phi) is 3.31. The van der Waals surface area contributed by atoms with E-state index in [-0.39, 0.29) is 5.41 Å². The Morgan fingerprint density at radius 3 is 2.64 bits per heavy atom. The third-order valence-corrected chi connectivity index (χ3v) is 2.38. The average Bonchev–Trinajstić information content (AvgIpc) is 2.06. The van der Waals surface area contributed by atoms with E-state index in [0.717, 1.165) is 16.8 Å². The van der Waals surface area contributed by atoms with Gasteiger partial charge in [0.05, 0.1) is 0 Å². The molecule has 1 heterocycles. The van der Waals surface area contributed by atoms with Gasteiger partial charge in [0.15, 0.2) is 0 Å². The Labute approximate surface area is 92.5 Å². The third-order valence-electron chi connectivity index (χ3n) is 1.60. The zero-order chi connectivity index (χ0) is 10.8. The number of anilines is 2. The minimum atomic E-state index is 0.207. The fourth-order valence-electron chi connectivity index (χ4n) is 0.856. The molecule has 0 unspecified atom stereocenters. The van der Waals surface area contributed by atoms with Gasteiger partial charge in [-0.2, -0.15) is 0 Å². The summed E-state index contributed by atoms with van der Waals surface area (Å²) in [6.07, 6.45) is 1.45. The molecule has 1 rings (SSSR count). The smallest absolute Gasteiger partial charge is 0.145 e. The van der Waals surface area contributed by atoms with Gasteiger partial charge in [0.25, 0.3) is 0 Å². The van der Waals surface area contributed by atoms with Crippen molar-refractivity contribution in [3.63, 3.8) is 0 Å². The van der Waals surface area contributed by atoms with Crippen molar-refractivity contribution >= 4 is 27.6 Å². The minimum Gasteiger partial charge on any atom is -0.383 e. The first-order chi connectivity index (χ1) is 6.40. The van der Waals surface area contributed by atoms with Crippen molar-refractivity contribution < 1.29 is 0 Å². The van der Waals surface area contributed by atoms with Gasteiger partial charge in [-0.1, -0.05) is 20.8 Å². The van der Waals surface area contributed by atoms with E-state index in [1.165, 1.54) is 6.33 Å². The molecule has 0 fully saturated rings. The Bertz CT molecular complexity index is 319. The highest BCUT2D eigenvalue weighted by molar-refractivity contribution is 9.10. The highest BCUT2D eigenvalue weighted by Gasteiger charge is 2.12. The van der Waals surface area contributed by atoms with E-state index in [1.807, 2.05) is 0 Å². The molecule has 4 nitrogen and oxygen atoms in total. The number of nitrogens with zero attached hydrogens (tertiary/aromatic N) is 2. The monoisotopic (exact) mass is 258 g/mol. The van der Waals surface area contributed by atoms with E-state index < -0.39 is 0 Å². The van der Waals surface area contributed by atoms with Crippen molar-refractivity contribution in [1.29, 1.82) is 0 Å². The van der Waals surface area contributed by atoms with Gasteiger partial charge < -0.3 is 11.1 Å². The van der Waals surface area contributed by atoms with Crippen LogP contribution in [0.5, 0.6) is 0 Å². The molecule has 0 amide bonds. The number of halogens is 1. The number of hydrogen-bond donors (Lipinski definition) is 2. The summed E-state index contributed by atoms with van der Waals surface area (Å²) in [5.41, 5.74) is 5.83. The predicted molar refractivity (Wildman–Crippen MR) is 62.1 cm³/mol. The Morgan fingerprint density at radius 1 is 1.43 bits per heavy atom. The standard InChI is InChI=1S/C9H15BrN4/c1-9(2,3)4-12-8-6(10)7(11)13-5-14-8/h5H,4H2,1-3H3,(H3,11,12,13,14). The maximum atomic E-state index is 5.62. The van der Waals surface area contributed by atoms with Crippen molar-refractivity contribution in [1.82, 2.24) is 9.97 Å². The van der Waals surface area contributed by atoms with Crippen molar-refractivity contribution in [3.05, 3.63) is 10.8 Å². The van der Waals surface area contributed by atoms with E-state index in [9.17, 15) is 0 Å². The van der Waals surface area contributed by atoms with E-state index in [0.29, 0.717) is 5.82 Å². The maximum Gasteiger partial charge on any atom is 0.145 e. The van der Waals surface area contributed by atoms with Crippen LogP contribution in [-0.4, -0.2) is 16.5 Å². The normalized spacial score (nSPS) is 11.4. The molecule has 0 aromatic carbocycles. The number of rotatable bonds is 2. The molecule has 0 spiro atoms. The van der Waals surface area contributed by atoms with Crippen LogP contribution >= 0.6 is 15.9 Å². The summed E-state index contributed by atoms with van der Waals surface area (Å²) in [5.74, 6) is 1.20. The van der Waals surface area contributed by atoms with E-state index in [2.05, 4.69) is 52.0 Å². The Balaban J connectivity index is 2.73. The fraction of sp³-hybridized carbons (Fsp3) is 0.556. The second-order valence-corrected chi connectivity index (χ2v) is 5.13. The second-order valence-electron chi connectivity index (χ2n) is 4.34. The van der Waals surface area contributed by atoms with Crippen LogP contribution in [0, 0.1) is 5.41 Å². The van der Waals surface area contributed by atoms with Crippen LogP contribution in [0.25, 0.3) is 0 Å². The van der Waals surface area contributed by atoms with Gasteiger partial charge in [-0.15, -0.1) is 0 Å². The predicted octanol–water partition coefficient (Wildman–Crippen LogP) is 2.28. The van der Waals surface area contributed by atoms with Crippen molar-refractivity contribution in [3.8, 4) is 0 Å². The van der Waals surface area contributed by atoms with E-state index in [1.54, 1.807) is 0 Å².